The van der Waals surface area contributed by atoms with Crippen LogP contribution in [0.25, 0.3) is 22.0 Å². The second-order valence-electron chi connectivity index (χ2n) is 4.87. The number of nitrogens with one attached hydrogen (secondary N) is 1. The van der Waals surface area contributed by atoms with Gasteiger partial charge in [0.1, 0.15) is 10.8 Å². The first-order chi connectivity index (χ1) is 11.3. The summed E-state index contributed by atoms with van der Waals surface area (Å²) in [5.41, 5.74) is 2.02. The number of hydrogen-bond donors (Lipinski definition) is 1. The lowest BCUT2D eigenvalue weighted by atomic mass is 10.2. The Hall–Kier alpha value is -1.83. The first-order valence-corrected chi connectivity index (χ1v) is 9.49. The summed E-state index contributed by atoms with van der Waals surface area (Å²) in [5.74, 6) is 1.55. The van der Waals surface area contributed by atoms with Crippen molar-refractivity contribution in [2.45, 2.75) is 6.42 Å². The highest BCUT2D eigenvalue weighted by Gasteiger charge is 2.12. The quantitative estimate of drug-likeness (QED) is 0.521. The van der Waals surface area contributed by atoms with E-state index in [2.05, 4.69) is 41.9 Å². The SMILES string of the molecule is Brc1ccsc1-c1csc(Cc2nc(-c3ccccc3)n[nH]2)n1. The third-order valence-corrected chi connectivity index (χ3v) is 5.99. The Morgan fingerprint density at radius 3 is 2.70 bits per heavy atom. The molecule has 1 aromatic carbocycles. The van der Waals surface area contributed by atoms with E-state index in [0.717, 1.165) is 37.3 Å². The summed E-state index contributed by atoms with van der Waals surface area (Å²) in [5, 5.41) is 12.5. The predicted molar refractivity (Wildman–Crippen MR) is 97.8 cm³/mol. The molecular weight excluding hydrogens is 392 g/mol. The average molecular weight is 403 g/mol. The van der Waals surface area contributed by atoms with Crippen molar-refractivity contribution in [3.63, 3.8) is 0 Å². The van der Waals surface area contributed by atoms with Crippen molar-refractivity contribution < 1.29 is 0 Å². The molecule has 0 radical (unpaired) electrons. The minimum Gasteiger partial charge on any atom is -0.262 e. The molecule has 4 rings (SSSR count). The molecule has 0 unspecified atom stereocenters. The maximum Gasteiger partial charge on any atom is 0.181 e. The molecule has 0 saturated heterocycles. The Bertz CT molecular complexity index is 926. The van der Waals surface area contributed by atoms with Gasteiger partial charge >= 0.3 is 0 Å². The number of halogens is 1. The van der Waals surface area contributed by atoms with E-state index >= 15 is 0 Å². The van der Waals surface area contributed by atoms with Crippen LogP contribution in [0.5, 0.6) is 0 Å². The fourth-order valence-corrected chi connectivity index (χ4v) is 4.61. The number of H-pyrrole nitrogens is 1. The van der Waals surface area contributed by atoms with Crippen LogP contribution in [0, 0.1) is 0 Å². The molecule has 0 aliphatic carbocycles. The van der Waals surface area contributed by atoms with Crippen molar-refractivity contribution >= 4 is 38.6 Å². The Morgan fingerprint density at radius 2 is 1.91 bits per heavy atom. The Kier molecular flexibility index (Phi) is 4.07. The largest absolute Gasteiger partial charge is 0.262 e. The highest BCUT2D eigenvalue weighted by molar-refractivity contribution is 9.10. The minimum atomic E-state index is 0.660. The van der Waals surface area contributed by atoms with Crippen LogP contribution >= 0.6 is 38.6 Å². The van der Waals surface area contributed by atoms with Gasteiger partial charge in [-0.2, -0.15) is 5.10 Å². The Morgan fingerprint density at radius 1 is 1.04 bits per heavy atom. The number of thiazole rings is 1. The molecule has 0 atom stereocenters. The van der Waals surface area contributed by atoms with E-state index in [1.807, 2.05) is 36.4 Å². The van der Waals surface area contributed by atoms with Crippen LogP contribution in [-0.2, 0) is 6.42 Å². The molecule has 7 heteroatoms. The van der Waals surface area contributed by atoms with Gasteiger partial charge in [-0.3, -0.25) is 5.10 Å². The lowest BCUT2D eigenvalue weighted by Gasteiger charge is -1.93. The van der Waals surface area contributed by atoms with Gasteiger partial charge < -0.3 is 0 Å². The number of rotatable bonds is 4. The van der Waals surface area contributed by atoms with Gasteiger partial charge in [-0.1, -0.05) is 30.3 Å². The van der Waals surface area contributed by atoms with Crippen LogP contribution in [-0.4, -0.2) is 20.2 Å². The monoisotopic (exact) mass is 402 g/mol. The number of aromatic amines is 1. The maximum absolute atomic E-state index is 4.70. The first-order valence-electron chi connectivity index (χ1n) is 6.94. The van der Waals surface area contributed by atoms with E-state index in [4.69, 9.17) is 4.98 Å². The van der Waals surface area contributed by atoms with Gasteiger partial charge in [-0.15, -0.1) is 22.7 Å². The fraction of sp³-hybridized carbons (Fsp3) is 0.0625. The van der Waals surface area contributed by atoms with Crippen LogP contribution in [0.1, 0.15) is 10.8 Å². The summed E-state index contributed by atoms with van der Waals surface area (Å²) in [7, 11) is 0. The number of hydrogen-bond acceptors (Lipinski definition) is 5. The molecule has 0 aliphatic rings. The average Bonchev–Trinajstić information content (AvgIpc) is 3.30. The summed E-state index contributed by atoms with van der Waals surface area (Å²) >= 11 is 6.88. The number of nitrogens with zero attached hydrogens (tertiary/aromatic N) is 3. The molecule has 0 fully saturated rings. The molecule has 23 heavy (non-hydrogen) atoms. The summed E-state index contributed by atoms with van der Waals surface area (Å²) in [6.07, 6.45) is 0.660. The van der Waals surface area contributed by atoms with Gasteiger partial charge in [0.2, 0.25) is 0 Å². The molecule has 0 amide bonds. The minimum absolute atomic E-state index is 0.660. The van der Waals surface area contributed by atoms with E-state index in [9.17, 15) is 0 Å². The summed E-state index contributed by atoms with van der Waals surface area (Å²) < 4.78 is 1.09. The van der Waals surface area contributed by atoms with Gasteiger partial charge in [-0.05, 0) is 27.4 Å². The molecule has 1 N–H and O–H groups in total. The van der Waals surface area contributed by atoms with Crippen molar-refractivity contribution in [1.82, 2.24) is 20.2 Å². The molecule has 3 aromatic heterocycles. The Labute approximate surface area is 149 Å². The molecule has 0 spiro atoms. The highest BCUT2D eigenvalue weighted by Crippen LogP contribution is 2.34. The zero-order valence-corrected chi connectivity index (χ0v) is 15.1. The van der Waals surface area contributed by atoms with E-state index in [-0.39, 0.29) is 0 Å². The first kappa shape index (κ1) is 14.7. The smallest absolute Gasteiger partial charge is 0.181 e. The third kappa shape index (κ3) is 3.12. The van der Waals surface area contributed by atoms with Gasteiger partial charge in [0, 0.05) is 15.4 Å². The standard InChI is InChI=1S/C16H11BrN4S2/c17-11-6-7-22-15(11)12-9-23-14(18-12)8-13-19-16(21-20-13)10-4-2-1-3-5-10/h1-7,9H,8H2,(H,19,20,21). The lowest BCUT2D eigenvalue weighted by Crippen LogP contribution is -1.90. The molecule has 0 aliphatic heterocycles. The van der Waals surface area contributed by atoms with E-state index in [0.29, 0.717) is 6.42 Å². The van der Waals surface area contributed by atoms with Crippen molar-refractivity contribution in [3.05, 3.63) is 62.5 Å². The van der Waals surface area contributed by atoms with Gasteiger partial charge in [-0.25, -0.2) is 9.97 Å². The summed E-state index contributed by atoms with van der Waals surface area (Å²) in [6, 6.07) is 12.0. The summed E-state index contributed by atoms with van der Waals surface area (Å²) in [4.78, 5) is 10.4. The van der Waals surface area contributed by atoms with Crippen molar-refractivity contribution in [1.29, 1.82) is 0 Å². The van der Waals surface area contributed by atoms with Gasteiger partial charge in [0.15, 0.2) is 5.82 Å². The van der Waals surface area contributed by atoms with Crippen LogP contribution < -0.4 is 0 Å². The van der Waals surface area contributed by atoms with Crippen LogP contribution in [0.2, 0.25) is 0 Å². The van der Waals surface area contributed by atoms with Crippen LogP contribution in [0.3, 0.4) is 0 Å². The predicted octanol–water partition coefficient (Wildman–Crippen LogP) is 5.01. The van der Waals surface area contributed by atoms with E-state index < -0.39 is 0 Å². The highest BCUT2D eigenvalue weighted by atomic mass is 79.9. The molecule has 4 nitrogen and oxygen atoms in total. The van der Waals surface area contributed by atoms with Crippen molar-refractivity contribution in [2.75, 3.05) is 0 Å². The van der Waals surface area contributed by atoms with E-state index in [1.54, 1.807) is 22.7 Å². The molecule has 114 valence electrons. The zero-order chi connectivity index (χ0) is 15.6. The summed E-state index contributed by atoms with van der Waals surface area (Å²) in [6.45, 7) is 0. The van der Waals surface area contributed by atoms with Crippen molar-refractivity contribution in [2.24, 2.45) is 0 Å². The number of aromatic nitrogens is 4. The van der Waals surface area contributed by atoms with Gasteiger partial charge in [0.05, 0.1) is 17.0 Å². The second-order valence-corrected chi connectivity index (χ2v) is 7.59. The van der Waals surface area contributed by atoms with Crippen LogP contribution in [0.4, 0.5) is 0 Å². The van der Waals surface area contributed by atoms with E-state index in [1.165, 1.54) is 0 Å². The molecule has 4 aromatic rings. The molecule has 0 bridgehead atoms. The number of benzene rings is 1. The second kappa shape index (κ2) is 6.35. The van der Waals surface area contributed by atoms with Gasteiger partial charge in [0.25, 0.3) is 0 Å². The van der Waals surface area contributed by atoms with Crippen molar-refractivity contribution in [3.8, 4) is 22.0 Å². The number of thiophene rings is 1. The molecule has 0 saturated carbocycles. The fourth-order valence-electron chi connectivity index (χ4n) is 2.21. The zero-order valence-electron chi connectivity index (χ0n) is 11.9. The lowest BCUT2D eigenvalue weighted by molar-refractivity contribution is 0.964. The third-order valence-electron chi connectivity index (χ3n) is 3.28. The topological polar surface area (TPSA) is 54.5 Å². The maximum atomic E-state index is 4.70. The molecule has 3 heterocycles. The molecular formula is C16H11BrN4S2. The Balaban J connectivity index is 1.54. The van der Waals surface area contributed by atoms with Crippen LogP contribution in [0.15, 0.2) is 51.6 Å². The normalized spacial score (nSPS) is 11.0.